The number of thiophene rings is 1. The summed E-state index contributed by atoms with van der Waals surface area (Å²) in [5.74, 6) is 1.00. The Balaban J connectivity index is 1.37. The number of ether oxygens (including phenoxy) is 1. The van der Waals surface area contributed by atoms with E-state index in [9.17, 15) is 0 Å². The van der Waals surface area contributed by atoms with Gasteiger partial charge in [0.05, 0.1) is 24.3 Å². The van der Waals surface area contributed by atoms with Gasteiger partial charge >= 0.3 is 0 Å². The summed E-state index contributed by atoms with van der Waals surface area (Å²) in [6.45, 7) is 8.46. The second-order valence-electron chi connectivity index (χ2n) is 7.43. The number of hydrogen-bond acceptors (Lipinski definition) is 5. The first-order valence-corrected chi connectivity index (χ1v) is 11.3. The fraction of sp³-hybridized carbons (Fsp3) is 0.500. The molecular formula is C22H31N5OS. The summed E-state index contributed by atoms with van der Waals surface area (Å²) in [5, 5.41) is 7.18. The average molecular weight is 414 g/mol. The Morgan fingerprint density at radius 1 is 1.03 bits per heavy atom. The van der Waals surface area contributed by atoms with Crippen molar-refractivity contribution < 1.29 is 4.74 Å². The van der Waals surface area contributed by atoms with Crippen molar-refractivity contribution in [3.8, 4) is 0 Å². The molecule has 2 aliphatic heterocycles. The van der Waals surface area contributed by atoms with Gasteiger partial charge in [-0.15, -0.1) is 11.3 Å². The van der Waals surface area contributed by atoms with Gasteiger partial charge in [-0.3, -0.25) is 9.89 Å². The largest absolute Gasteiger partial charge is 0.379 e. The molecule has 4 rings (SSSR count). The lowest BCUT2D eigenvalue weighted by Crippen LogP contribution is -2.53. The Labute approximate surface area is 177 Å². The summed E-state index contributed by atoms with van der Waals surface area (Å²) in [6.07, 6.45) is 0. The maximum Gasteiger partial charge on any atom is 0.193 e. The molecule has 3 heterocycles. The number of morpholine rings is 1. The van der Waals surface area contributed by atoms with Crippen LogP contribution in [-0.2, 0) is 4.74 Å². The van der Waals surface area contributed by atoms with Gasteiger partial charge in [-0.05, 0) is 23.1 Å². The van der Waals surface area contributed by atoms with E-state index in [1.807, 2.05) is 18.4 Å². The van der Waals surface area contributed by atoms with Crippen LogP contribution in [0.25, 0.3) is 0 Å². The maximum absolute atomic E-state index is 5.57. The van der Waals surface area contributed by atoms with Crippen LogP contribution < -0.4 is 10.2 Å². The zero-order chi connectivity index (χ0) is 19.9. The molecule has 2 aromatic rings. The topological polar surface area (TPSA) is 43.3 Å². The predicted octanol–water partition coefficient (Wildman–Crippen LogP) is 2.52. The number of piperazine rings is 1. The van der Waals surface area contributed by atoms with Gasteiger partial charge in [0, 0.05) is 52.9 Å². The van der Waals surface area contributed by atoms with Crippen LogP contribution in [0.4, 0.5) is 5.00 Å². The van der Waals surface area contributed by atoms with E-state index in [1.54, 1.807) is 0 Å². The normalized spacial score (nSPS) is 20.0. The Morgan fingerprint density at radius 3 is 2.45 bits per heavy atom. The molecule has 1 aromatic carbocycles. The van der Waals surface area contributed by atoms with Gasteiger partial charge < -0.3 is 19.9 Å². The molecule has 2 saturated heterocycles. The highest BCUT2D eigenvalue weighted by molar-refractivity contribution is 7.14. The molecule has 7 heteroatoms. The van der Waals surface area contributed by atoms with E-state index >= 15 is 0 Å². The van der Waals surface area contributed by atoms with Crippen LogP contribution in [-0.4, -0.2) is 81.8 Å². The quantitative estimate of drug-likeness (QED) is 0.603. The van der Waals surface area contributed by atoms with Gasteiger partial charge in [-0.2, -0.15) is 0 Å². The van der Waals surface area contributed by atoms with Gasteiger partial charge in [0.25, 0.3) is 0 Å². The maximum atomic E-state index is 5.57. The second kappa shape index (κ2) is 10.1. The van der Waals surface area contributed by atoms with Crippen molar-refractivity contribution in [2.45, 2.75) is 6.04 Å². The smallest absolute Gasteiger partial charge is 0.193 e. The van der Waals surface area contributed by atoms with Crippen molar-refractivity contribution in [2.75, 3.05) is 71.0 Å². The number of aliphatic imine (C=N–C) groups is 1. The summed E-state index contributed by atoms with van der Waals surface area (Å²) >= 11 is 1.82. The van der Waals surface area contributed by atoms with E-state index in [-0.39, 0.29) is 0 Å². The lowest BCUT2D eigenvalue weighted by Gasteiger charge is -2.39. The molecule has 0 saturated carbocycles. The molecule has 1 aromatic heterocycles. The van der Waals surface area contributed by atoms with E-state index in [1.165, 1.54) is 10.6 Å². The molecule has 0 amide bonds. The fourth-order valence-electron chi connectivity index (χ4n) is 4.13. The van der Waals surface area contributed by atoms with Crippen molar-refractivity contribution in [3.63, 3.8) is 0 Å². The van der Waals surface area contributed by atoms with Crippen molar-refractivity contribution in [3.05, 3.63) is 53.4 Å². The van der Waals surface area contributed by atoms with Gasteiger partial charge in [0.15, 0.2) is 5.96 Å². The Kier molecular flexibility index (Phi) is 7.03. The van der Waals surface area contributed by atoms with Gasteiger partial charge in [0.1, 0.15) is 0 Å². The lowest BCUT2D eigenvalue weighted by molar-refractivity contribution is 0.0169. The van der Waals surface area contributed by atoms with Gasteiger partial charge in [0.2, 0.25) is 0 Å². The summed E-state index contributed by atoms with van der Waals surface area (Å²) in [6, 6.07) is 15.4. The Morgan fingerprint density at radius 2 is 1.79 bits per heavy atom. The second-order valence-corrected chi connectivity index (χ2v) is 8.35. The molecule has 1 unspecified atom stereocenters. The third-order valence-electron chi connectivity index (χ3n) is 5.73. The van der Waals surface area contributed by atoms with Crippen LogP contribution in [0.15, 0.2) is 52.8 Å². The van der Waals surface area contributed by atoms with E-state index in [0.29, 0.717) is 6.04 Å². The predicted molar refractivity (Wildman–Crippen MR) is 121 cm³/mol. The standard InChI is InChI=1S/C22H31N5OS/c1-23-22(27-11-9-26(10-12-27)21-8-5-17-29-21)24-18-20(19-6-3-2-4-7-19)25-13-15-28-16-14-25/h2-8,17,20H,9-16,18H2,1H3,(H,23,24). The first-order chi connectivity index (χ1) is 14.3. The van der Waals surface area contributed by atoms with Crippen LogP contribution in [0.5, 0.6) is 0 Å². The summed E-state index contributed by atoms with van der Waals surface area (Å²) < 4.78 is 5.57. The molecule has 0 bridgehead atoms. The van der Waals surface area contributed by atoms with E-state index in [4.69, 9.17) is 4.74 Å². The first kappa shape index (κ1) is 20.2. The number of hydrogen-bond donors (Lipinski definition) is 1. The zero-order valence-electron chi connectivity index (χ0n) is 17.2. The number of guanidine groups is 1. The minimum Gasteiger partial charge on any atom is -0.379 e. The van der Waals surface area contributed by atoms with Crippen LogP contribution >= 0.6 is 11.3 Å². The molecule has 1 N–H and O–H groups in total. The molecule has 2 fully saturated rings. The average Bonchev–Trinajstić information content (AvgIpc) is 3.33. The minimum atomic E-state index is 0.323. The highest BCUT2D eigenvalue weighted by Gasteiger charge is 2.25. The van der Waals surface area contributed by atoms with E-state index in [0.717, 1.165) is 65.0 Å². The summed E-state index contributed by atoms with van der Waals surface area (Å²) in [4.78, 5) is 12.0. The van der Waals surface area contributed by atoms with E-state index in [2.05, 4.69) is 72.9 Å². The SMILES string of the molecule is CN=C(NCC(c1ccccc1)N1CCOCC1)N1CCN(c2cccs2)CC1. The van der Waals surface area contributed by atoms with Crippen molar-refractivity contribution in [1.82, 2.24) is 15.1 Å². The molecular weight excluding hydrogens is 382 g/mol. The third-order valence-corrected chi connectivity index (χ3v) is 6.66. The van der Waals surface area contributed by atoms with Crippen LogP contribution in [0.1, 0.15) is 11.6 Å². The number of nitrogens with zero attached hydrogens (tertiary/aromatic N) is 4. The highest BCUT2D eigenvalue weighted by atomic mass is 32.1. The zero-order valence-corrected chi connectivity index (χ0v) is 18.0. The minimum absolute atomic E-state index is 0.323. The molecule has 6 nitrogen and oxygen atoms in total. The summed E-state index contributed by atoms with van der Waals surface area (Å²) in [7, 11) is 1.89. The van der Waals surface area contributed by atoms with Gasteiger partial charge in [-0.25, -0.2) is 0 Å². The monoisotopic (exact) mass is 413 g/mol. The van der Waals surface area contributed by atoms with Crippen molar-refractivity contribution in [1.29, 1.82) is 0 Å². The first-order valence-electron chi connectivity index (χ1n) is 10.5. The Hall–Kier alpha value is -2.09. The Bertz CT molecular complexity index is 753. The number of anilines is 1. The molecule has 0 radical (unpaired) electrons. The third kappa shape index (κ3) is 5.10. The molecule has 29 heavy (non-hydrogen) atoms. The van der Waals surface area contributed by atoms with Crippen molar-refractivity contribution >= 4 is 22.3 Å². The molecule has 156 valence electrons. The van der Waals surface area contributed by atoms with Crippen LogP contribution in [0, 0.1) is 0 Å². The molecule has 0 spiro atoms. The van der Waals surface area contributed by atoms with Crippen LogP contribution in [0.3, 0.4) is 0 Å². The number of benzene rings is 1. The molecule has 0 aliphatic carbocycles. The van der Waals surface area contributed by atoms with Crippen molar-refractivity contribution in [2.24, 2.45) is 4.99 Å². The molecule has 2 aliphatic rings. The lowest BCUT2D eigenvalue weighted by atomic mass is 10.0. The number of rotatable bonds is 5. The van der Waals surface area contributed by atoms with Gasteiger partial charge in [-0.1, -0.05) is 30.3 Å². The summed E-state index contributed by atoms with van der Waals surface area (Å²) in [5.41, 5.74) is 1.35. The van der Waals surface area contributed by atoms with Crippen LogP contribution in [0.2, 0.25) is 0 Å². The highest BCUT2D eigenvalue weighted by Crippen LogP contribution is 2.23. The molecule has 1 atom stereocenters. The van der Waals surface area contributed by atoms with E-state index < -0.39 is 0 Å². The number of nitrogens with one attached hydrogen (secondary N) is 1. The fourth-order valence-corrected chi connectivity index (χ4v) is 4.92.